The molecule has 6 heteroatoms. The number of nitrogens with zero attached hydrogens (tertiary/aromatic N) is 1. The number of nitrogens with one attached hydrogen (secondary N) is 1. The third kappa shape index (κ3) is 3.05. The van der Waals surface area contributed by atoms with Crippen LogP contribution in [-0.4, -0.2) is 27.4 Å². The van der Waals surface area contributed by atoms with Crippen LogP contribution in [0.1, 0.15) is 15.9 Å². The Kier molecular flexibility index (Phi) is 3.85. The van der Waals surface area contributed by atoms with Crippen molar-refractivity contribution in [3.05, 3.63) is 53.6 Å². The van der Waals surface area contributed by atoms with Gasteiger partial charge in [-0.1, -0.05) is 12.1 Å². The topological polar surface area (TPSA) is 102 Å². The average molecular weight is 272 g/mol. The predicted molar refractivity (Wildman–Crippen MR) is 72.9 cm³/mol. The first kappa shape index (κ1) is 13.4. The minimum absolute atomic E-state index is 0.0489. The lowest BCUT2D eigenvalue weighted by atomic mass is 10.2. The van der Waals surface area contributed by atoms with E-state index in [1.807, 2.05) is 0 Å². The first-order valence-corrected chi connectivity index (χ1v) is 5.71. The number of aromatic hydroxyl groups is 3. The van der Waals surface area contributed by atoms with Crippen molar-refractivity contribution >= 4 is 12.1 Å². The number of phenols is 3. The third-order valence-electron chi connectivity index (χ3n) is 2.54. The van der Waals surface area contributed by atoms with Crippen molar-refractivity contribution < 1.29 is 20.1 Å². The van der Waals surface area contributed by atoms with Gasteiger partial charge in [0.2, 0.25) is 0 Å². The van der Waals surface area contributed by atoms with Gasteiger partial charge in [0.15, 0.2) is 11.5 Å². The van der Waals surface area contributed by atoms with Crippen LogP contribution in [0.5, 0.6) is 17.2 Å². The van der Waals surface area contributed by atoms with Gasteiger partial charge in [-0.2, -0.15) is 5.10 Å². The highest BCUT2D eigenvalue weighted by atomic mass is 16.3. The van der Waals surface area contributed by atoms with E-state index in [9.17, 15) is 15.0 Å². The molecule has 0 aliphatic heterocycles. The molecule has 0 atom stereocenters. The van der Waals surface area contributed by atoms with Crippen molar-refractivity contribution in [2.75, 3.05) is 0 Å². The van der Waals surface area contributed by atoms with Crippen LogP contribution in [0.3, 0.4) is 0 Å². The largest absolute Gasteiger partial charge is 0.507 e. The van der Waals surface area contributed by atoms with Crippen LogP contribution in [0.4, 0.5) is 0 Å². The Morgan fingerprint density at radius 2 is 1.75 bits per heavy atom. The van der Waals surface area contributed by atoms with E-state index in [1.54, 1.807) is 18.2 Å². The molecule has 0 radical (unpaired) electrons. The molecule has 102 valence electrons. The molecule has 0 aromatic heterocycles. The zero-order valence-corrected chi connectivity index (χ0v) is 10.3. The van der Waals surface area contributed by atoms with Crippen molar-refractivity contribution in [3.63, 3.8) is 0 Å². The Hall–Kier alpha value is -3.02. The Bertz CT molecular complexity index is 668. The van der Waals surface area contributed by atoms with Crippen molar-refractivity contribution in [2.45, 2.75) is 0 Å². The third-order valence-corrected chi connectivity index (χ3v) is 2.54. The minimum atomic E-state index is -0.549. The standard InChI is InChI=1S/C14H12N2O4/c17-11-4-2-1-3-10(11)8-15-16-14(20)9-5-6-12(18)13(19)7-9/h1-8,17-19H,(H,16,20). The molecule has 0 heterocycles. The van der Waals surface area contributed by atoms with Crippen molar-refractivity contribution in [3.8, 4) is 17.2 Å². The van der Waals surface area contributed by atoms with Crippen LogP contribution in [0.2, 0.25) is 0 Å². The van der Waals surface area contributed by atoms with E-state index in [0.717, 1.165) is 6.07 Å². The number of hydrogen-bond donors (Lipinski definition) is 4. The molecule has 0 aliphatic rings. The Morgan fingerprint density at radius 3 is 2.45 bits per heavy atom. The van der Waals surface area contributed by atoms with Crippen molar-refractivity contribution in [2.24, 2.45) is 5.10 Å². The highest BCUT2D eigenvalue weighted by Gasteiger charge is 2.07. The first-order valence-electron chi connectivity index (χ1n) is 5.71. The van der Waals surface area contributed by atoms with Gasteiger partial charge in [0, 0.05) is 11.1 Å². The molecular formula is C14H12N2O4. The minimum Gasteiger partial charge on any atom is -0.507 e. The summed E-state index contributed by atoms with van der Waals surface area (Å²) < 4.78 is 0. The Morgan fingerprint density at radius 1 is 1.00 bits per heavy atom. The summed E-state index contributed by atoms with van der Waals surface area (Å²) in [6, 6.07) is 10.2. The van der Waals surface area contributed by atoms with Gasteiger partial charge in [0.25, 0.3) is 5.91 Å². The lowest BCUT2D eigenvalue weighted by Crippen LogP contribution is -2.17. The molecule has 4 N–H and O–H groups in total. The Balaban J connectivity index is 2.05. The van der Waals surface area contributed by atoms with Gasteiger partial charge >= 0.3 is 0 Å². The fourth-order valence-electron chi connectivity index (χ4n) is 1.49. The molecule has 2 rings (SSSR count). The van der Waals surface area contributed by atoms with E-state index in [0.29, 0.717) is 5.56 Å². The molecular weight excluding hydrogens is 260 g/mol. The van der Waals surface area contributed by atoms with Crippen LogP contribution in [0.15, 0.2) is 47.6 Å². The van der Waals surface area contributed by atoms with Crippen LogP contribution in [0.25, 0.3) is 0 Å². The van der Waals surface area contributed by atoms with Crippen LogP contribution in [0, 0.1) is 0 Å². The van der Waals surface area contributed by atoms with Gasteiger partial charge in [0.05, 0.1) is 6.21 Å². The van der Waals surface area contributed by atoms with E-state index >= 15 is 0 Å². The molecule has 2 aromatic carbocycles. The summed E-state index contributed by atoms with van der Waals surface area (Å²) in [5.74, 6) is -1.19. The molecule has 0 saturated carbocycles. The summed E-state index contributed by atoms with van der Waals surface area (Å²) in [6.45, 7) is 0. The van der Waals surface area contributed by atoms with Crippen molar-refractivity contribution in [1.82, 2.24) is 5.43 Å². The van der Waals surface area contributed by atoms with E-state index in [2.05, 4.69) is 10.5 Å². The highest BCUT2D eigenvalue weighted by molar-refractivity contribution is 5.95. The fraction of sp³-hybridized carbons (Fsp3) is 0. The summed E-state index contributed by atoms with van der Waals surface area (Å²) in [6.07, 6.45) is 1.30. The SMILES string of the molecule is O=C(NN=Cc1ccccc1O)c1ccc(O)c(O)c1. The number of amides is 1. The average Bonchev–Trinajstić information content (AvgIpc) is 2.44. The first-order chi connectivity index (χ1) is 9.58. The van der Waals surface area contributed by atoms with Crippen LogP contribution in [-0.2, 0) is 0 Å². The quantitative estimate of drug-likeness (QED) is 0.387. The molecule has 0 fully saturated rings. The number of carbonyl (C=O) groups is 1. The maximum absolute atomic E-state index is 11.7. The molecule has 0 aliphatic carbocycles. The number of hydrogen-bond acceptors (Lipinski definition) is 5. The van der Waals surface area contributed by atoms with Crippen molar-refractivity contribution in [1.29, 1.82) is 0 Å². The molecule has 1 amide bonds. The van der Waals surface area contributed by atoms with E-state index < -0.39 is 5.91 Å². The van der Waals surface area contributed by atoms with Crippen LogP contribution >= 0.6 is 0 Å². The predicted octanol–water partition coefficient (Wildman–Crippen LogP) is 1.57. The van der Waals surface area contributed by atoms with Gasteiger partial charge < -0.3 is 15.3 Å². The van der Waals surface area contributed by atoms with E-state index in [1.165, 1.54) is 24.4 Å². The number of benzene rings is 2. The maximum Gasteiger partial charge on any atom is 0.271 e. The molecule has 2 aromatic rings. The summed E-state index contributed by atoms with van der Waals surface area (Å²) >= 11 is 0. The number of carbonyl (C=O) groups excluding carboxylic acids is 1. The molecule has 0 unspecified atom stereocenters. The molecule has 0 spiro atoms. The maximum atomic E-state index is 11.7. The smallest absolute Gasteiger partial charge is 0.271 e. The summed E-state index contributed by atoms with van der Waals surface area (Å²) in [4.78, 5) is 11.7. The molecule has 0 saturated heterocycles. The highest BCUT2D eigenvalue weighted by Crippen LogP contribution is 2.24. The lowest BCUT2D eigenvalue weighted by Gasteiger charge is -2.02. The Labute approximate surface area is 114 Å². The van der Waals surface area contributed by atoms with Gasteiger partial charge in [-0.05, 0) is 30.3 Å². The second kappa shape index (κ2) is 5.75. The number of para-hydroxylation sites is 1. The molecule has 20 heavy (non-hydrogen) atoms. The van der Waals surface area contributed by atoms with E-state index in [-0.39, 0.29) is 22.8 Å². The van der Waals surface area contributed by atoms with Gasteiger partial charge in [-0.15, -0.1) is 0 Å². The molecule has 0 bridgehead atoms. The summed E-state index contributed by atoms with van der Waals surface area (Å²) in [5, 5.41) is 31.6. The van der Waals surface area contributed by atoms with E-state index in [4.69, 9.17) is 5.11 Å². The lowest BCUT2D eigenvalue weighted by molar-refractivity contribution is 0.0954. The number of phenolic OH excluding ortho intramolecular Hbond substituents is 3. The second-order valence-electron chi connectivity index (χ2n) is 3.96. The number of rotatable bonds is 3. The fourth-order valence-corrected chi connectivity index (χ4v) is 1.49. The van der Waals surface area contributed by atoms with Crippen LogP contribution < -0.4 is 5.43 Å². The van der Waals surface area contributed by atoms with Gasteiger partial charge in [0.1, 0.15) is 5.75 Å². The number of hydrazone groups is 1. The summed E-state index contributed by atoms with van der Waals surface area (Å²) in [5.41, 5.74) is 2.86. The normalized spacial score (nSPS) is 10.6. The zero-order chi connectivity index (χ0) is 14.5. The van der Waals surface area contributed by atoms with Gasteiger partial charge in [-0.25, -0.2) is 5.43 Å². The monoisotopic (exact) mass is 272 g/mol. The zero-order valence-electron chi connectivity index (χ0n) is 10.3. The van der Waals surface area contributed by atoms with Gasteiger partial charge in [-0.3, -0.25) is 4.79 Å². The summed E-state index contributed by atoms with van der Waals surface area (Å²) in [7, 11) is 0. The second-order valence-corrected chi connectivity index (χ2v) is 3.96. The molecule has 6 nitrogen and oxygen atoms in total.